The topological polar surface area (TPSA) is 96.4 Å². The summed E-state index contributed by atoms with van der Waals surface area (Å²) in [7, 11) is 0. The minimum atomic E-state index is -1.23. The lowest BCUT2D eigenvalue weighted by molar-refractivity contribution is -0.161. The number of aliphatic hydroxyl groups is 1. The molecule has 4 heterocycles. The average Bonchev–Trinajstić information content (AvgIpc) is 3.23. The second-order valence-corrected chi connectivity index (χ2v) is 10.7. The van der Waals surface area contributed by atoms with Crippen molar-refractivity contribution in [1.29, 1.82) is 0 Å². The van der Waals surface area contributed by atoms with Crippen molar-refractivity contribution in [3.05, 3.63) is 24.3 Å². The van der Waals surface area contributed by atoms with Crippen molar-refractivity contribution >= 4 is 17.8 Å². The molecule has 0 aromatic carbocycles. The highest BCUT2D eigenvalue weighted by Gasteiger charge is 2.75. The number of allylic oxidation sites excluding steroid dienone is 1. The third-order valence-corrected chi connectivity index (χ3v) is 8.46. The Hall–Kier alpha value is -2.19. The predicted octanol–water partition coefficient (Wildman–Crippen LogP) is 2.99. The smallest absolute Gasteiger partial charge is 0.313 e. The van der Waals surface area contributed by atoms with Crippen LogP contribution in [0, 0.1) is 11.8 Å². The summed E-state index contributed by atoms with van der Waals surface area (Å²) in [5.41, 5.74) is -2.23. The van der Waals surface area contributed by atoms with Crippen LogP contribution < -0.4 is 0 Å². The zero-order chi connectivity index (χ0) is 25.9. The van der Waals surface area contributed by atoms with E-state index in [0.717, 1.165) is 32.1 Å². The van der Waals surface area contributed by atoms with Crippen LogP contribution in [-0.4, -0.2) is 82.3 Å². The first-order chi connectivity index (χ1) is 17.4. The van der Waals surface area contributed by atoms with E-state index in [0.29, 0.717) is 39.0 Å². The number of carbonyl (C=O) groups is 3. The summed E-state index contributed by atoms with van der Waals surface area (Å²) in [6, 6.07) is -0.807. The van der Waals surface area contributed by atoms with Gasteiger partial charge in [-0.3, -0.25) is 14.4 Å². The Labute approximate surface area is 214 Å². The summed E-state index contributed by atoms with van der Waals surface area (Å²) >= 11 is 0. The summed E-state index contributed by atoms with van der Waals surface area (Å²) in [5, 5.41) is 9.21. The molecule has 0 aliphatic carbocycles. The van der Waals surface area contributed by atoms with Gasteiger partial charge in [0.05, 0.1) is 12.5 Å². The second-order valence-electron chi connectivity index (χ2n) is 10.7. The first-order valence-corrected chi connectivity index (χ1v) is 13.8. The van der Waals surface area contributed by atoms with Gasteiger partial charge in [0.15, 0.2) is 0 Å². The maximum absolute atomic E-state index is 14.2. The number of likely N-dealkylation sites (tertiary alicyclic amines) is 1. The fraction of sp³-hybridized carbons (Fsp3) is 0.750. The number of aliphatic hydroxyl groups excluding tert-OH is 1. The van der Waals surface area contributed by atoms with Gasteiger partial charge in [0, 0.05) is 25.7 Å². The standard InChI is InChI=1S/C28H42N2O6/c1-4-13-20(3)29-17-12-15-28-21(24(32)30(23(28)25(29)33)16-9-7-10-18-31)22-26(34)35-19-11-6-8-14-27(22,5-2)36-28/h8,12,14-15,20-23,31H,4-7,9-11,13,16-19H2,1-3H3/b14-8-/t20?,21-,22-,23?,27+,28-/m0/s1. The maximum Gasteiger partial charge on any atom is 0.313 e. The lowest BCUT2D eigenvalue weighted by atomic mass is 9.73. The quantitative estimate of drug-likeness (QED) is 0.296. The molecule has 6 atom stereocenters. The van der Waals surface area contributed by atoms with Crippen LogP contribution >= 0.6 is 0 Å². The highest BCUT2D eigenvalue weighted by atomic mass is 16.6. The molecule has 4 aliphatic rings. The van der Waals surface area contributed by atoms with Crippen molar-refractivity contribution in [2.75, 3.05) is 26.3 Å². The third kappa shape index (κ3) is 4.40. The molecule has 2 saturated heterocycles. The van der Waals surface area contributed by atoms with E-state index >= 15 is 0 Å². The first kappa shape index (κ1) is 26.9. The summed E-state index contributed by atoms with van der Waals surface area (Å²) in [5.74, 6) is -2.38. The van der Waals surface area contributed by atoms with Gasteiger partial charge in [-0.15, -0.1) is 0 Å². The van der Waals surface area contributed by atoms with Gasteiger partial charge in [-0.25, -0.2) is 0 Å². The van der Waals surface area contributed by atoms with Crippen LogP contribution in [0.15, 0.2) is 24.3 Å². The number of ether oxygens (including phenoxy) is 2. The number of hydrogen-bond acceptors (Lipinski definition) is 6. The number of nitrogens with zero attached hydrogens (tertiary/aromatic N) is 2. The maximum atomic E-state index is 14.2. The molecule has 0 bridgehead atoms. The molecule has 0 aromatic rings. The largest absolute Gasteiger partial charge is 0.465 e. The van der Waals surface area contributed by atoms with Crippen LogP contribution in [0.25, 0.3) is 0 Å². The molecule has 2 unspecified atom stereocenters. The fourth-order valence-electron chi connectivity index (χ4n) is 6.67. The van der Waals surface area contributed by atoms with E-state index in [4.69, 9.17) is 9.47 Å². The Morgan fingerprint density at radius 2 is 1.89 bits per heavy atom. The lowest BCUT2D eigenvalue weighted by Crippen LogP contribution is -2.57. The van der Waals surface area contributed by atoms with Gasteiger partial charge in [-0.1, -0.05) is 44.6 Å². The number of fused-ring (bicyclic) bond motifs is 2. The Bertz CT molecular complexity index is 902. The van der Waals surface area contributed by atoms with Crippen LogP contribution in [0.2, 0.25) is 0 Å². The molecule has 8 nitrogen and oxygen atoms in total. The Morgan fingerprint density at radius 1 is 1.08 bits per heavy atom. The van der Waals surface area contributed by atoms with E-state index in [2.05, 4.69) is 6.92 Å². The summed E-state index contributed by atoms with van der Waals surface area (Å²) in [4.78, 5) is 45.4. The molecular weight excluding hydrogens is 460 g/mol. The van der Waals surface area contributed by atoms with Gasteiger partial charge in [-0.2, -0.15) is 0 Å². The minimum absolute atomic E-state index is 0.0243. The number of rotatable bonds is 9. The lowest BCUT2D eigenvalue weighted by Gasteiger charge is -2.39. The van der Waals surface area contributed by atoms with Crippen molar-refractivity contribution < 1.29 is 29.0 Å². The molecule has 1 N–H and O–H groups in total. The van der Waals surface area contributed by atoms with Crippen molar-refractivity contribution in [3.8, 4) is 0 Å². The molecule has 36 heavy (non-hydrogen) atoms. The molecule has 4 aliphatic heterocycles. The normalized spacial score (nSPS) is 35.8. The van der Waals surface area contributed by atoms with Crippen molar-refractivity contribution in [2.24, 2.45) is 11.8 Å². The highest BCUT2D eigenvalue weighted by molar-refractivity contribution is 5.99. The van der Waals surface area contributed by atoms with E-state index < -0.39 is 35.0 Å². The van der Waals surface area contributed by atoms with Crippen LogP contribution in [0.3, 0.4) is 0 Å². The molecule has 1 spiro atoms. The number of unbranched alkanes of at least 4 members (excludes halogenated alkanes) is 2. The van der Waals surface area contributed by atoms with Crippen LogP contribution in [-0.2, 0) is 23.9 Å². The average molecular weight is 503 g/mol. The van der Waals surface area contributed by atoms with Gasteiger partial charge in [0.1, 0.15) is 23.2 Å². The second kappa shape index (κ2) is 11.1. The monoisotopic (exact) mass is 502 g/mol. The summed E-state index contributed by atoms with van der Waals surface area (Å²) in [6.07, 6.45) is 13.7. The van der Waals surface area contributed by atoms with Crippen LogP contribution in [0.5, 0.6) is 0 Å². The number of carbonyl (C=O) groups excluding carboxylic acids is 3. The molecular formula is C28H42N2O6. The molecule has 200 valence electrons. The zero-order valence-electron chi connectivity index (χ0n) is 22.0. The number of cyclic esters (lactones) is 1. The van der Waals surface area contributed by atoms with E-state index in [1.807, 2.05) is 43.1 Å². The molecule has 0 aromatic heterocycles. The highest BCUT2D eigenvalue weighted by Crippen LogP contribution is 2.58. The van der Waals surface area contributed by atoms with Gasteiger partial charge in [-0.05, 0) is 51.9 Å². The molecule has 0 saturated carbocycles. The molecule has 0 radical (unpaired) electrons. The van der Waals surface area contributed by atoms with Crippen molar-refractivity contribution in [2.45, 2.75) is 95.4 Å². The number of esters is 1. The Kier molecular flexibility index (Phi) is 8.25. The molecule has 2 amide bonds. The van der Waals surface area contributed by atoms with Crippen molar-refractivity contribution in [1.82, 2.24) is 9.80 Å². The van der Waals surface area contributed by atoms with E-state index in [9.17, 15) is 19.5 Å². The molecule has 2 fully saturated rings. The summed E-state index contributed by atoms with van der Waals surface area (Å²) < 4.78 is 12.6. The molecule has 8 heteroatoms. The van der Waals surface area contributed by atoms with E-state index in [1.165, 1.54) is 0 Å². The van der Waals surface area contributed by atoms with E-state index in [1.54, 1.807) is 4.90 Å². The first-order valence-electron chi connectivity index (χ1n) is 13.8. The van der Waals surface area contributed by atoms with Crippen LogP contribution in [0.4, 0.5) is 0 Å². The van der Waals surface area contributed by atoms with Crippen LogP contribution in [0.1, 0.15) is 72.1 Å². The Balaban J connectivity index is 1.81. The minimum Gasteiger partial charge on any atom is -0.465 e. The Morgan fingerprint density at radius 3 is 2.61 bits per heavy atom. The number of amides is 2. The number of hydrogen-bond donors (Lipinski definition) is 1. The van der Waals surface area contributed by atoms with E-state index in [-0.39, 0.29) is 24.5 Å². The SMILES string of the molecule is CCCC(C)N1CC=C[C@]23O[C@]4(CC)/C=C\CCCOC(=O)[C@@H]4[C@H]2C(=O)N(CCCCCO)C3C1=O. The van der Waals surface area contributed by atoms with Gasteiger partial charge < -0.3 is 24.4 Å². The zero-order valence-corrected chi connectivity index (χ0v) is 22.0. The van der Waals surface area contributed by atoms with Crippen molar-refractivity contribution in [3.63, 3.8) is 0 Å². The van der Waals surface area contributed by atoms with Gasteiger partial charge in [0.25, 0.3) is 0 Å². The predicted molar refractivity (Wildman–Crippen MR) is 135 cm³/mol. The van der Waals surface area contributed by atoms with Gasteiger partial charge in [0.2, 0.25) is 11.8 Å². The fourth-order valence-corrected chi connectivity index (χ4v) is 6.67. The third-order valence-electron chi connectivity index (χ3n) is 8.46. The summed E-state index contributed by atoms with van der Waals surface area (Å²) in [6.45, 7) is 7.34. The molecule has 4 rings (SSSR count). The van der Waals surface area contributed by atoms with Gasteiger partial charge >= 0.3 is 5.97 Å².